The van der Waals surface area contributed by atoms with Gasteiger partial charge in [0.15, 0.2) is 0 Å². The number of fused-ring (bicyclic) bond motifs is 1. The van der Waals surface area contributed by atoms with Crippen LogP contribution in [0.5, 0.6) is 11.5 Å². The topological polar surface area (TPSA) is 46.6 Å². The summed E-state index contributed by atoms with van der Waals surface area (Å²) in [6.07, 6.45) is 2.65. The lowest BCUT2D eigenvalue weighted by Crippen LogP contribution is -2.30. The summed E-state index contributed by atoms with van der Waals surface area (Å²) in [4.78, 5) is 26.9. The first-order valence-electron chi connectivity index (χ1n) is 8.94. The Morgan fingerprint density at radius 1 is 0.885 bits per heavy atom. The van der Waals surface area contributed by atoms with E-state index < -0.39 is 0 Å². The van der Waals surface area contributed by atoms with Gasteiger partial charge in [-0.25, -0.2) is 0 Å². The van der Waals surface area contributed by atoms with Gasteiger partial charge in [0.1, 0.15) is 11.5 Å². The molecule has 2 aromatic carbocycles. The fraction of sp³-hybridized carbons (Fsp3) is 0.333. The van der Waals surface area contributed by atoms with Gasteiger partial charge in [-0.15, -0.1) is 0 Å². The second kappa shape index (κ2) is 6.88. The number of hydrogen-bond donors (Lipinski definition) is 0. The minimum absolute atomic E-state index is 0.0477. The first-order chi connectivity index (χ1) is 12.5. The average Bonchev–Trinajstić information content (AvgIpc) is 2.88. The number of anilines is 1. The highest BCUT2D eigenvalue weighted by Gasteiger charge is 2.49. The lowest BCUT2D eigenvalue weighted by atomic mass is 9.76. The molecule has 5 heteroatoms. The van der Waals surface area contributed by atoms with Gasteiger partial charge in [-0.05, 0) is 73.7 Å². The van der Waals surface area contributed by atoms with E-state index in [1.54, 1.807) is 24.3 Å². The van der Waals surface area contributed by atoms with Crippen molar-refractivity contribution >= 4 is 33.4 Å². The quantitative estimate of drug-likeness (QED) is 0.652. The van der Waals surface area contributed by atoms with Crippen LogP contribution < -0.4 is 9.64 Å². The number of nitrogens with zero attached hydrogens (tertiary/aromatic N) is 1. The van der Waals surface area contributed by atoms with Gasteiger partial charge < -0.3 is 4.74 Å². The lowest BCUT2D eigenvalue weighted by molar-refractivity contribution is -0.122. The van der Waals surface area contributed by atoms with Gasteiger partial charge in [-0.1, -0.05) is 22.9 Å². The second-order valence-corrected chi connectivity index (χ2v) is 8.11. The summed E-state index contributed by atoms with van der Waals surface area (Å²) in [5.41, 5.74) is 0.630. The molecule has 3 atom stereocenters. The zero-order valence-electron chi connectivity index (χ0n) is 14.5. The summed E-state index contributed by atoms with van der Waals surface area (Å²) < 4.78 is 6.79. The lowest BCUT2D eigenvalue weighted by Gasteiger charge is -2.25. The molecule has 1 aliphatic heterocycles. The summed E-state index contributed by atoms with van der Waals surface area (Å²) in [6, 6.07) is 14.7. The molecule has 0 aromatic heterocycles. The Labute approximate surface area is 161 Å². The highest BCUT2D eigenvalue weighted by molar-refractivity contribution is 9.10. The molecule has 0 unspecified atom stereocenters. The number of carbonyl (C=O) groups excluding carboxylic acids is 2. The third kappa shape index (κ3) is 3.16. The molecule has 0 N–H and O–H groups in total. The van der Waals surface area contributed by atoms with Crippen LogP contribution in [-0.2, 0) is 9.59 Å². The molecule has 2 aromatic rings. The van der Waals surface area contributed by atoms with Gasteiger partial charge in [0.2, 0.25) is 11.8 Å². The summed E-state index contributed by atoms with van der Waals surface area (Å²) in [5.74, 6) is 1.52. The maximum atomic E-state index is 12.8. The van der Waals surface area contributed by atoms with Crippen molar-refractivity contribution in [1.29, 1.82) is 0 Å². The molecule has 2 aliphatic rings. The van der Waals surface area contributed by atoms with E-state index >= 15 is 0 Å². The van der Waals surface area contributed by atoms with Crippen LogP contribution in [0.25, 0.3) is 0 Å². The van der Waals surface area contributed by atoms with E-state index in [2.05, 4.69) is 22.9 Å². The van der Waals surface area contributed by atoms with Crippen LogP contribution in [0, 0.1) is 17.8 Å². The maximum absolute atomic E-state index is 12.8. The van der Waals surface area contributed by atoms with E-state index in [9.17, 15) is 9.59 Å². The van der Waals surface area contributed by atoms with Gasteiger partial charge >= 0.3 is 0 Å². The summed E-state index contributed by atoms with van der Waals surface area (Å²) in [5, 5.41) is 0. The van der Waals surface area contributed by atoms with E-state index in [-0.39, 0.29) is 23.7 Å². The predicted octanol–water partition coefficient (Wildman–Crippen LogP) is 5.17. The zero-order chi connectivity index (χ0) is 18.3. The standard InChI is InChI=1S/C21H20BrNO3/c1-13-2-11-18-19(12-13)21(25)23(20(18)24)15-5-9-17(10-6-15)26-16-7-3-14(22)4-8-16/h3-10,13,18-19H,2,11-12H2,1H3/t13-,18-,19+/m0/s1. The Morgan fingerprint density at radius 3 is 2.12 bits per heavy atom. The number of amides is 2. The van der Waals surface area contributed by atoms with Crippen LogP contribution in [0.1, 0.15) is 26.2 Å². The summed E-state index contributed by atoms with van der Waals surface area (Å²) >= 11 is 3.39. The highest BCUT2D eigenvalue weighted by Crippen LogP contribution is 2.42. The van der Waals surface area contributed by atoms with Crippen LogP contribution in [0.4, 0.5) is 5.69 Å². The van der Waals surface area contributed by atoms with Gasteiger partial charge in [0.25, 0.3) is 0 Å². The molecule has 134 valence electrons. The third-order valence-electron chi connectivity index (χ3n) is 5.33. The first-order valence-corrected chi connectivity index (χ1v) is 9.73. The van der Waals surface area contributed by atoms with Crippen molar-refractivity contribution in [3.8, 4) is 11.5 Å². The molecular weight excluding hydrogens is 394 g/mol. The monoisotopic (exact) mass is 413 g/mol. The Hall–Kier alpha value is -2.14. The van der Waals surface area contributed by atoms with Crippen molar-refractivity contribution in [3.05, 3.63) is 53.0 Å². The fourth-order valence-electron chi connectivity index (χ4n) is 3.95. The summed E-state index contributed by atoms with van der Waals surface area (Å²) in [7, 11) is 0. The second-order valence-electron chi connectivity index (χ2n) is 7.19. The Morgan fingerprint density at radius 2 is 1.46 bits per heavy atom. The van der Waals surface area contributed by atoms with Crippen molar-refractivity contribution < 1.29 is 14.3 Å². The average molecular weight is 414 g/mol. The van der Waals surface area contributed by atoms with Crippen LogP contribution in [0.15, 0.2) is 53.0 Å². The number of halogens is 1. The highest BCUT2D eigenvalue weighted by atomic mass is 79.9. The molecule has 0 radical (unpaired) electrons. The molecule has 1 aliphatic carbocycles. The van der Waals surface area contributed by atoms with Gasteiger partial charge in [-0.2, -0.15) is 0 Å². The van der Waals surface area contributed by atoms with Gasteiger partial charge in [0, 0.05) is 4.47 Å². The molecular formula is C21H20BrNO3. The number of ether oxygens (including phenoxy) is 1. The van der Waals surface area contributed by atoms with Crippen molar-refractivity contribution in [2.75, 3.05) is 4.90 Å². The molecule has 1 saturated carbocycles. The van der Waals surface area contributed by atoms with Crippen LogP contribution >= 0.6 is 15.9 Å². The van der Waals surface area contributed by atoms with Gasteiger partial charge in [0.05, 0.1) is 17.5 Å². The molecule has 0 spiro atoms. The molecule has 4 rings (SSSR count). The first kappa shape index (κ1) is 17.3. The smallest absolute Gasteiger partial charge is 0.237 e. The minimum Gasteiger partial charge on any atom is -0.457 e. The number of carbonyl (C=O) groups is 2. The van der Waals surface area contributed by atoms with E-state index in [4.69, 9.17) is 4.74 Å². The SMILES string of the molecule is C[C@H]1CC[C@@H]2C(=O)N(c3ccc(Oc4ccc(Br)cc4)cc3)C(=O)[C@@H]2C1. The molecule has 2 fully saturated rings. The van der Waals surface area contributed by atoms with Crippen LogP contribution in [0.2, 0.25) is 0 Å². The van der Waals surface area contributed by atoms with Crippen molar-refractivity contribution in [3.63, 3.8) is 0 Å². The van der Waals surface area contributed by atoms with Crippen LogP contribution in [-0.4, -0.2) is 11.8 Å². The summed E-state index contributed by atoms with van der Waals surface area (Å²) in [6.45, 7) is 2.16. The number of imide groups is 1. The molecule has 2 amide bonds. The predicted molar refractivity (Wildman–Crippen MR) is 103 cm³/mol. The number of benzene rings is 2. The number of rotatable bonds is 3. The molecule has 4 nitrogen and oxygen atoms in total. The van der Waals surface area contributed by atoms with Crippen molar-refractivity contribution in [2.45, 2.75) is 26.2 Å². The molecule has 0 bridgehead atoms. The minimum atomic E-state index is -0.148. The third-order valence-corrected chi connectivity index (χ3v) is 5.86. The Bertz CT molecular complexity index is 831. The molecule has 26 heavy (non-hydrogen) atoms. The van der Waals surface area contributed by atoms with Crippen LogP contribution in [0.3, 0.4) is 0 Å². The fourth-order valence-corrected chi connectivity index (χ4v) is 4.21. The van der Waals surface area contributed by atoms with E-state index in [1.165, 1.54) is 4.90 Å². The number of hydrogen-bond acceptors (Lipinski definition) is 3. The Balaban J connectivity index is 1.52. The largest absolute Gasteiger partial charge is 0.457 e. The zero-order valence-corrected chi connectivity index (χ0v) is 16.1. The maximum Gasteiger partial charge on any atom is 0.237 e. The van der Waals surface area contributed by atoms with E-state index in [0.717, 1.165) is 29.5 Å². The molecule has 1 heterocycles. The molecule has 1 saturated heterocycles. The van der Waals surface area contributed by atoms with Crippen molar-refractivity contribution in [1.82, 2.24) is 0 Å². The normalized spacial score (nSPS) is 25.3. The van der Waals surface area contributed by atoms with E-state index in [0.29, 0.717) is 17.4 Å². The Kier molecular flexibility index (Phi) is 4.57. The van der Waals surface area contributed by atoms with E-state index in [1.807, 2.05) is 24.3 Å². The van der Waals surface area contributed by atoms with Gasteiger partial charge in [-0.3, -0.25) is 14.5 Å². The van der Waals surface area contributed by atoms with Crippen molar-refractivity contribution in [2.24, 2.45) is 17.8 Å².